The Labute approximate surface area is 102 Å². The minimum Gasteiger partial charge on any atom is -0.374 e. The van der Waals surface area contributed by atoms with Crippen molar-refractivity contribution < 1.29 is 9.90 Å². The lowest BCUT2D eigenvalue weighted by atomic mass is 10.1. The molecule has 1 fully saturated rings. The molecule has 3 heteroatoms. The molecule has 1 unspecified atom stereocenters. The normalized spacial score (nSPS) is 18.2. The summed E-state index contributed by atoms with van der Waals surface area (Å²) in [5, 5.41) is 13.3. The van der Waals surface area contributed by atoms with Crippen LogP contribution in [0.5, 0.6) is 0 Å². The monoisotopic (exact) mass is 233 g/mol. The number of carbonyl (C=O) groups excluding carboxylic acids is 1. The molecule has 1 aliphatic rings. The van der Waals surface area contributed by atoms with Gasteiger partial charge in [-0.15, -0.1) is 0 Å². The first-order valence-electron chi connectivity index (χ1n) is 6.22. The number of hydrogen-bond donors (Lipinski definition) is 2. The van der Waals surface area contributed by atoms with E-state index in [1.54, 1.807) is 12.1 Å². The van der Waals surface area contributed by atoms with Crippen molar-refractivity contribution >= 4 is 5.78 Å². The SMILES string of the molecule is CC(=O)c1cccc(C(O)NC2CCCC2)c1. The molecule has 92 valence electrons. The largest absolute Gasteiger partial charge is 0.374 e. The van der Waals surface area contributed by atoms with E-state index < -0.39 is 6.23 Å². The van der Waals surface area contributed by atoms with Gasteiger partial charge in [-0.25, -0.2) is 0 Å². The number of Topliss-reactive ketones (excluding diaryl/α,β-unsaturated/α-hetero) is 1. The molecule has 1 aliphatic carbocycles. The molecule has 0 radical (unpaired) electrons. The van der Waals surface area contributed by atoms with E-state index in [4.69, 9.17) is 0 Å². The Balaban J connectivity index is 2.04. The van der Waals surface area contributed by atoms with E-state index in [-0.39, 0.29) is 5.78 Å². The number of ketones is 1. The van der Waals surface area contributed by atoms with Gasteiger partial charge in [0.05, 0.1) is 0 Å². The van der Waals surface area contributed by atoms with Gasteiger partial charge in [0.2, 0.25) is 0 Å². The molecule has 0 saturated heterocycles. The lowest BCUT2D eigenvalue weighted by Crippen LogP contribution is -2.30. The Morgan fingerprint density at radius 3 is 2.76 bits per heavy atom. The van der Waals surface area contributed by atoms with Gasteiger partial charge in [-0.05, 0) is 31.4 Å². The van der Waals surface area contributed by atoms with Crippen molar-refractivity contribution in [3.05, 3.63) is 35.4 Å². The molecular formula is C14H19NO2. The van der Waals surface area contributed by atoms with Gasteiger partial charge in [-0.1, -0.05) is 31.0 Å². The predicted molar refractivity (Wildman–Crippen MR) is 66.8 cm³/mol. The molecule has 1 aromatic rings. The summed E-state index contributed by atoms with van der Waals surface area (Å²) in [5.74, 6) is 0.0277. The molecule has 0 heterocycles. The van der Waals surface area contributed by atoms with Crippen LogP contribution in [0.2, 0.25) is 0 Å². The second kappa shape index (κ2) is 5.43. The summed E-state index contributed by atoms with van der Waals surface area (Å²) in [5.41, 5.74) is 1.42. The van der Waals surface area contributed by atoms with Gasteiger partial charge in [-0.3, -0.25) is 10.1 Å². The first kappa shape index (κ1) is 12.3. The zero-order valence-corrected chi connectivity index (χ0v) is 10.1. The van der Waals surface area contributed by atoms with Crippen molar-refractivity contribution in [3.8, 4) is 0 Å². The van der Waals surface area contributed by atoms with Gasteiger partial charge in [0, 0.05) is 11.6 Å². The van der Waals surface area contributed by atoms with Gasteiger partial charge in [0.25, 0.3) is 0 Å². The average molecular weight is 233 g/mol. The highest BCUT2D eigenvalue weighted by atomic mass is 16.3. The second-order valence-electron chi connectivity index (χ2n) is 4.73. The maximum absolute atomic E-state index is 11.3. The number of rotatable bonds is 4. The summed E-state index contributed by atoms with van der Waals surface area (Å²) in [6.45, 7) is 1.54. The van der Waals surface area contributed by atoms with Gasteiger partial charge in [0.1, 0.15) is 6.23 Å². The van der Waals surface area contributed by atoms with E-state index >= 15 is 0 Å². The zero-order valence-electron chi connectivity index (χ0n) is 10.1. The molecule has 0 bridgehead atoms. The number of aliphatic hydroxyl groups is 1. The third-order valence-electron chi connectivity index (χ3n) is 3.36. The van der Waals surface area contributed by atoms with Crippen LogP contribution in [0.15, 0.2) is 24.3 Å². The Morgan fingerprint density at radius 2 is 2.12 bits per heavy atom. The fraction of sp³-hybridized carbons (Fsp3) is 0.500. The summed E-state index contributed by atoms with van der Waals surface area (Å²) in [4.78, 5) is 11.3. The molecule has 1 aromatic carbocycles. The fourth-order valence-corrected chi connectivity index (χ4v) is 2.34. The van der Waals surface area contributed by atoms with Crippen molar-refractivity contribution in [2.45, 2.75) is 44.9 Å². The smallest absolute Gasteiger partial charge is 0.159 e. The molecule has 0 aliphatic heterocycles. The molecule has 0 aromatic heterocycles. The van der Waals surface area contributed by atoms with Crippen molar-refractivity contribution in [1.82, 2.24) is 5.32 Å². The second-order valence-corrected chi connectivity index (χ2v) is 4.73. The Kier molecular flexibility index (Phi) is 3.92. The summed E-state index contributed by atoms with van der Waals surface area (Å²) in [6.07, 6.45) is 4.06. The van der Waals surface area contributed by atoms with Crippen molar-refractivity contribution in [3.63, 3.8) is 0 Å². The summed E-state index contributed by atoms with van der Waals surface area (Å²) < 4.78 is 0. The Hall–Kier alpha value is -1.19. The molecule has 0 amide bonds. The molecular weight excluding hydrogens is 214 g/mol. The van der Waals surface area contributed by atoms with Crippen LogP contribution in [0.25, 0.3) is 0 Å². The summed E-state index contributed by atoms with van der Waals surface area (Å²) in [7, 11) is 0. The van der Waals surface area contributed by atoms with Crippen LogP contribution >= 0.6 is 0 Å². The first-order valence-corrected chi connectivity index (χ1v) is 6.22. The summed E-state index contributed by atoms with van der Waals surface area (Å²) in [6, 6.07) is 7.60. The minimum atomic E-state index is -0.669. The van der Waals surface area contributed by atoms with E-state index in [0.29, 0.717) is 11.6 Å². The van der Waals surface area contributed by atoms with E-state index in [0.717, 1.165) is 18.4 Å². The highest BCUT2D eigenvalue weighted by Crippen LogP contribution is 2.21. The minimum absolute atomic E-state index is 0.0277. The van der Waals surface area contributed by atoms with E-state index in [2.05, 4.69) is 5.32 Å². The Bertz CT molecular complexity index is 397. The third-order valence-corrected chi connectivity index (χ3v) is 3.36. The van der Waals surface area contributed by atoms with Gasteiger partial charge < -0.3 is 5.11 Å². The third kappa shape index (κ3) is 3.14. The van der Waals surface area contributed by atoms with Crippen LogP contribution in [-0.2, 0) is 0 Å². The number of aliphatic hydroxyl groups excluding tert-OH is 1. The van der Waals surface area contributed by atoms with Crippen LogP contribution in [-0.4, -0.2) is 16.9 Å². The van der Waals surface area contributed by atoms with Gasteiger partial charge in [0.15, 0.2) is 5.78 Å². The fourth-order valence-electron chi connectivity index (χ4n) is 2.34. The number of benzene rings is 1. The van der Waals surface area contributed by atoms with Crippen LogP contribution in [0, 0.1) is 0 Å². The highest BCUT2D eigenvalue weighted by Gasteiger charge is 2.18. The lowest BCUT2D eigenvalue weighted by molar-refractivity contribution is 0.101. The van der Waals surface area contributed by atoms with Gasteiger partial charge >= 0.3 is 0 Å². The number of nitrogens with one attached hydrogen (secondary N) is 1. The summed E-state index contributed by atoms with van der Waals surface area (Å²) >= 11 is 0. The molecule has 2 rings (SSSR count). The van der Waals surface area contributed by atoms with Crippen molar-refractivity contribution in [2.24, 2.45) is 0 Å². The van der Waals surface area contributed by atoms with Crippen molar-refractivity contribution in [1.29, 1.82) is 0 Å². The molecule has 1 atom stereocenters. The zero-order chi connectivity index (χ0) is 12.3. The standard InChI is InChI=1S/C14H19NO2/c1-10(16)11-5-4-6-12(9-11)14(17)15-13-7-2-3-8-13/h4-6,9,13-15,17H,2-3,7-8H2,1H3. The van der Waals surface area contributed by atoms with Crippen LogP contribution in [0.1, 0.15) is 54.8 Å². The topological polar surface area (TPSA) is 49.3 Å². The molecule has 17 heavy (non-hydrogen) atoms. The molecule has 3 nitrogen and oxygen atoms in total. The Morgan fingerprint density at radius 1 is 1.41 bits per heavy atom. The quantitative estimate of drug-likeness (QED) is 0.620. The maximum Gasteiger partial charge on any atom is 0.159 e. The van der Waals surface area contributed by atoms with Gasteiger partial charge in [-0.2, -0.15) is 0 Å². The number of carbonyl (C=O) groups is 1. The molecule has 0 spiro atoms. The number of hydrogen-bond acceptors (Lipinski definition) is 3. The van der Waals surface area contributed by atoms with E-state index in [1.807, 2.05) is 12.1 Å². The first-order chi connectivity index (χ1) is 8.16. The van der Waals surface area contributed by atoms with Crippen LogP contribution in [0.3, 0.4) is 0 Å². The average Bonchev–Trinajstić information content (AvgIpc) is 2.82. The van der Waals surface area contributed by atoms with Crippen LogP contribution in [0.4, 0.5) is 0 Å². The van der Waals surface area contributed by atoms with E-state index in [1.165, 1.54) is 19.8 Å². The highest BCUT2D eigenvalue weighted by molar-refractivity contribution is 5.94. The lowest BCUT2D eigenvalue weighted by Gasteiger charge is -2.18. The van der Waals surface area contributed by atoms with E-state index in [9.17, 15) is 9.90 Å². The van der Waals surface area contributed by atoms with Crippen molar-refractivity contribution in [2.75, 3.05) is 0 Å². The predicted octanol–water partition coefficient (Wildman–Crippen LogP) is 2.41. The van der Waals surface area contributed by atoms with Crippen LogP contribution < -0.4 is 5.32 Å². The molecule has 2 N–H and O–H groups in total. The molecule has 1 saturated carbocycles. The maximum atomic E-state index is 11.3.